The zero-order valence-corrected chi connectivity index (χ0v) is 18.4. The minimum Gasteiger partial charge on any atom is -0.479 e. The van der Waals surface area contributed by atoms with Crippen molar-refractivity contribution in [1.82, 2.24) is 0 Å². The van der Waals surface area contributed by atoms with Crippen molar-refractivity contribution >= 4 is 5.97 Å². The van der Waals surface area contributed by atoms with Gasteiger partial charge in [-0.1, -0.05) is 108 Å². The summed E-state index contributed by atoms with van der Waals surface area (Å²) in [4.78, 5) is 11.4. The molecule has 4 heteroatoms. The second-order valence-corrected chi connectivity index (χ2v) is 8.18. The summed E-state index contributed by atoms with van der Waals surface area (Å²) in [6.45, 7) is 2.57. The maximum absolute atomic E-state index is 11.4. The monoisotopic (exact) mass is 406 g/mol. The van der Waals surface area contributed by atoms with Crippen molar-refractivity contribution in [2.45, 2.75) is 116 Å². The van der Waals surface area contributed by atoms with Gasteiger partial charge in [-0.15, -0.1) is 0 Å². The molecule has 166 valence electrons. The van der Waals surface area contributed by atoms with Crippen LogP contribution in [0.15, 0.2) is 30.3 Å². The average Bonchev–Trinajstić information content (AvgIpc) is 2.72. The number of rotatable bonds is 19. The van der Waals surface area contributed by atoms with Crippen LogP contribution in [0.2, 0.25) is 0 Å². The first-order valence-electron chi connectivity index (χ1n) is 11.7. The van der Waals surface area contributed by atoms with E-state index in [4.69, 9.17) is 4.74 Å². The van der Waals surface area contributed by atoms with Crippen LogP contribution in [0, 0.1) is 0 Å². The number of carbonyl (C=O) groups is 1. The second-order valence-electron chi connectivity index (χ2n) is 8.18. The summed E-state index contributed by atoms with van der Waals surface area (Å²) in [5.74, 6) is -0.883. The van der Waals surface area contributed by atoms with Crippen molar-refractivity contribution in [3.05, 3.63) is 35.9 Å². The number of carboxylic acids is 1. The Labute approximate surface area is 177 Å². The third kappa shape index (κ3) is 14.3. The van der Waals surface area contributed by atoms with Crippen LogP contribution < -0.4 is 0 Å². The lowest BCUT2D eigenvalue weighted by Gasteiger charge is -2.14. The standard InChI is InChI=1S/C25H42O4/c1-2-3-4-5-6-7-13-18-23(26)19-14-8-9-15-20-24(25(27)28)29-21-22-16-11-10-12-17-22/h10-12,16-17,23-24,26H,2-9,13-15,18-21H2,1H3,(H,27,28). The van der Waals surface area contributed by atoms with E-state index >= 15 is 0 Å². The third-order valence-electron chi connectivity index (χ3n) is 5.46. The molecule has 1 rings (SSSR count). The Hall–Kier alpha value is -1.39. The molecular formula is C25H42O4. The lowest BCUT2D eigenvalue weighted by molar-refractivity contribution is -0.151. The van der Waals surface area contributed by atoms with Crippen LogP contribution in [-0.2, 0) is 16.1 Å². The molecule has 0 aliphatic heterocycles. The zero-order chi connectivity index (χ0) is 21.2. The van der Waals surface area contributed by atoms with Crippen molar-refractivity contribution in [1.29, 1.82) is 0 Å². The molecule has 0 aliphatic carbocycles. The van der Waals surface area contributed by atoms with E-state index in [1.54, 1.807) is 0 Å². The van der Waals surface area contributed by atoms with Gasteiger partial charge in [-0.05, 0) is 24.8 Å². The van der Waals surface area contributed by atoms with Gasteiger partial charge >= 0.3 is 5.97 Å². The summed E-state index contributed by atoms with van der Waals surface area (Å²) >= 11 is 0. The molecule has 29 heavy (non-hydrogen) atoms. The molecule has 0 bridgehead atoms. The van der Waals surface area contributed by atoms with E-state index in [0.717, 1.165) is 50.5 Å². The Kier molecular flexibility index (Phi) is 15.4. The van der Waals surface area contributed by atoms with Crippen LogP contribution in [-0.4, -0.2) is 28.4 Å². The molecule has 0 amide bonds. The van der Waals surface area contributed by atoms with Crippen molar-refractivity contribution in [3.63, 3.8) is 0 Å². The maximum Gasteiger partial charge on any atom is 0.332 e. The SMILES string of the molecule is CCCCCCCCCC(O)CCCCCCC(OCc1ccccc1)C(=O)O. The molecule has 0 aromatic heterocycles. The first-order chi connectivity index (χ1) is 14.1. The van der Waals surface area contributed by atoms with Gasteiger partial charge in [0, 0.05) is 0 Å². The van der Waals surface area contributed by atoms with Crippen LogP contribution >= 0.6 is 0 Å². The summed E-state index contributed by atoms with van der Waals surface area (Å²) in [5, 5.41) is 19.4. The molecule has 2 atom stereocenters. The molecular weight excluding hydrogens is 364 g/mol. The summed E-state index contributed by atoms with van der Waals surface area (Å²) in [6.07, 6.45) is 14.3. The Bertz CT molecular complexity index is 503. The first kappa shape index (κ1) is 25.6. The van der Waals surface area contributed by atoms with Gasteiger partial charge in [-0.3, -0.25) is 0 Å². The van der Waals surface area contributed by atoms with Crippen molar-refractivity contribution in [2.24, 2.45) is 0 Å². The van der Waals surface area contributed by atoms with Gasteiger partial charge in [-0.25, -0.2) is 4.79 Å². The smallest absolute Gasteiger partial charge is 0.332 e. The highest BCUT2D eigenvalue weighted by atomic mass is 16.5. The van der Waals surface area contributed by atoms with Gasteiger partial charge in [0.25, 0.3) is 0 Å². The predicted molar refractivity (Wildman–Crippen MR) is 119 cm³/mol. The second kappa shape index (κ2) is 17.5. The minimum absolute atomic E-state index is 0.174. The molecule has 2 unspecified atom stereocenters. The van der Waals surface area contributed by atoms with Crippen molar-refractivity contribution in [2.75, 3.05) is 0 Å². The molecule has 0 heterocycles. The van der Waals surface area contributed by atoms with Crippen molar-refractivity contribution < 1.29 is 19.7 Å². The number of ether oxygens (including phenoxy) is 1. The van der Waals surface area contributed by atoms with Crippen molar-refractivity contribution in [3.8, 4) is 0 Å². The van der Waals surface area contributed by atoms with Crippen LogP contribution in [0.5, 0.6) is 0 Å². The Morgan fingerprint density at radius 2 is 1.34 bits per heavy atom. The molecule has 1 aromatic rings. The number of aliphatic hydroxyl groups is 1. The van der Waals surface area contributed by atoms with Crippen LogP contribution in [0.1, 0.15) is 102 Å². The maximum atomic E-state index is 11.4. The summed E-state index contributed by atoms with van der Waals surface area (Å²) in [5.41, 5.74) is 0.994. The number of aliphatic hydroxyl groups excluding tert-OH is 1. The van der Waals surface area contributed by atoms with E-state index in [9.17, 15) is 15.0 Å². The molecule has 4 nitrogen and oxygen atoms in total. The molecule has 2 N–H and O–H groups in total. The predicted octanol–water partition coefficient (Wildman–Crippen LogP) is 6.50. The van der Waals surface area contributed by atoms with Gasteiger partial charge < -0.3 is 14.9 Å². The van der Waals surface area contributed by atoms with E-state index in [0.29, 0.717) is 13.0 Å². The molecule has 0 fully saturated rings. The fourth-order valence-electron chi connectivity index (χ4n) is 3.59. The number of hydrogen-bond acceptors (Lipinski definition) is 3. The highest BCUT2D eigenvalue weighted by Gasteiger charge is 2.17. The van der Waals surface area contributed by atoms with Gasteiger partial charge in [0.05, 0.1) is 12.7 Å². The summed E-state index contributed by atoms with van der Waals surface area (Å²) in [6, 6.07) is 9.67. The summed E-state index contributed by atoms with van der Waals surface area (Å²) < 4.78 is 5.58. The Morgan fingerprint density at radius 1 is 0.828 bits per heavy atom. The molecule has 1 aromatic carbocycles. The van der Waals surface area contributed by atoms with E-state index in [1.165, 1.54) is 38.5 Å². The van der Waals surface area contributed by atoms with Gasteiger partial charge in [0.1, 0.15) is 0 Å². The number of unbranched alkanes of at least 4 members (excludes halogenated alkanes) is 9. The topological polar surface area (TPSA) is 66.8 Å². The van der Waals surface area contributed by atoms with E-state index in [-0.39, 0.29) is 6.10 Å². The third-order valence-corrected chi connectivity index (χ3v) is 5.46. The first-order valence-corrected chi connectivity index (χ1v) is 11.7. The number of carboxylic acid groups (broad SMARTS) is 1. The lowest BCUT2D eigenvalue weighted by Crippen LogP contribution is -2.23. The van der Waals surface area contributed by atoms with E-state index < -0.39 is 12.1 Å². The quantitative estimate of drug-likeness (QED) is 0.257. The van der Waals surface area contributed by atoms with E-state index in [1.807, 2.05) is 30.3 Å². The Balaban J connectivity index is 2.00. The van der Waals surface area contributed by atoms with Gasteiger partial charge in [0.2, 0.25) is 0 Å². The molecule has 0 spiro atoms. The highest BCUT2D eigenvalue weighted by molar-refractivity contribution is 5.72. The minimum atomic E-state index is -0.883. The molecule has 0 aliphatic rings. The van der Waals surface area contributed by atoms with Gasteiger partial charge in [-0.2, -0.15) is 0 Å². The zero-order valence-electron chi connectivity index (χ0n) is 18.4. The molecule has 0 saturated heterocycles. The Morgan fingerprint density at radius 3 is 1.90 bits per heavy atom. The van der Waals surface area contributed by atoms with E-state index in [2.05, 4.69) is 6.92 Å². The summed E-state index contributed by atoms with van der Waals surface area (Å²) in [7, 11) is 0. The molecule has 0 saturated carbocycles. The van der Waals surface area contributed by atoms with Crippen LogP contribution in [0.4, 0.5) is 0 Å². The fourth-order valence-corrected chi connectivity index (χ4v) is 3.59. The average molecular weight is 407 g/mol. The number of aliphatic carboxylic acids is 1. The van der Waals surface area contributed by atoms with Crippen LogP contribution in [0.25, 0.3) is 0 Å². The molecule has 0 radical (unpaired) electrons. The van der Waals surface area contributed by atoms with Crippen LogP contribution in [0.3, 0.4) is 0 Å². The number of benzene rings is 1. The highest BCUT2D eigenvalue weighted by Crippen LogP contribution is 2.15. The number of hydrogen-bond donors (Lipinski definition) is 2. The normalized spacial score (nSPS) is 13.3. The largest absolute Gasteiger partial charge is 0.479 e. The lowest BCUT2D eigenvalue weighted by atomic mass is 10.0. The fraction of sp³-hybridized carbons (Fsp3) is 0.720. The van der Waals surface area contributed by atoms with Gasteiger partial charge in [0.15, 0.2) is 6.10 Å².